The largest absolute Gasteiger partial charge is 0.453 e. The molecular weight excluding hydrogens is 604 g/mol. The van der Waals surface area contributed by atoms with Gasteiger partial charge in [0.25, 0.3) is 0 Å². The average Bonchev–Trinajstić information content (AvgIpc) is 3.15. The predicted molar refractivity (Wildman–Crippen MR) is 182 cm³/mol. The molecule has 7 nitrogen and oxygen atoms in total. The fourth-order valence-corrected chi connectivity index (χ4v) is 5.87. The minimum absolute atomic E-state index is 0.198. The SMILES string of the molecule is O=C(O[C@@H]1[C@H](O)[C@H](OCc2ccccc2)[C@@H](OCc2ccccc2)[C@H](OCc2ccccc2)[C@H]1OCc1ccccc1)c1ccccc1. The van der Waals surface area contributed by atoms with Crippen LogP contribution in [0.4, 0.5) is 0 Å². The van der Waals surface area contributed by atoms with Crippen LogP contribution in [0, 0.1) is 0 Å². The molecule has 0 unspecified atom stereocenters. The summed E-state index contributed by atoms with van der Waals surface area (Å²) in [5, 5.41) is 12.1. The van der Waals surface area contributed by atoms with Gasteiger partial charge in [-0.3, -0.25) is 0 Å². The van der Waals surface area contributed by atoms with Gasteiger partial charge in [-0.15, -0.1) is 0 Å². The second kappa shape index (κ2) is 17.0. The molecule has 0 spiro atoms. The third kappa shape index (κ3) is 8.83. The van der Waals surface area contributed by atoms with E-state index in [-0.39, 0.29) is 26.4 Å². The van der Waals surface area contributed by atoms with Crippen molar-refractivity contribution in [2.24, 2.45) is 0 Å². The number of carbonyl (C=O) groups excluding carboxylic acids is 1. The van der Waals surface area contributed by atoms with Crippen LogP contribution in [0.1, 0.15) is 32.6 Å². The maximum Gasteiger partial charge on any atom is 0.338 e. The lowest BCUT2D eigenvalue weighted by atomic mass is 9.83. The van der Waals surface area contributed by atoms with Crippen LogP contribution in [0.3, 0.4) is 0 Å². The van der Waals surface area contributed by atoms with Crippen molar-refractivity contribution in [2.45, 2.75) is 63.1 Å². The van der Waals surface area contributed by atoms with Crippen LogP contribution < -0.4 is 0 Å². The van der Waals surface area contributed by atoms with E-state index in [1.165, 1.54) is 0 Å². The molecule has 1 aliphatic carbocycles. The molecule has 5 aromatic rings. The first-order valence-corrected chi connectivity index (χ1v) is 16.2. The van der Waals surface area contributed by atoms with E-state index < -0.39 is 42.6 Å². The Bertz CT molecular complexity index is 1650. The summed E-state index contributed by atoms with van der Waals surface area (Å²) in [4.78, 5) is 13.5. The Morgan fingerprint density at radius 2 is 0.708 bits per heavy atom. The minimum Gasteiger partial charge on any atom is -0.453 e. The van der Waals surface area contributed by atoms with Crippen LogP contribution in [-0.2, 0) is 50.1 Å². The fourth-order valence-electron chi connectivity index (χ4n) is 5.87. The third-order valence-electron chi connectivity index (χ3n) is 8.36. The average molecular weight is 645 g/mol. The van der Waals surface area contributed by atoms with Gasteiger partial charge in [-0.1, -0.05) is 140 Å². The summed E-state index contributed by atoms with van der Waals surface area (Å²) in [5.41, 5.74) is 4.11. The van der Waals surface area contributed by atoms with Gasteiger partial charge in [0, 0.05) is 0 Å². The van der Waals surface area contributed by atoms with E-state index in [2.05, 4.69) is 0 Å². The van der Waals surface area contributed by atoms with Crippen molar-refractivity contribution in [2.75, 3.05) is 0 Å². The summed E-state index contributed by atoms with van der Waals surface area (Å²) in [6.07, 6.45) is -5.87. The van der Waals surface area contributed by atoms with Crippen LogP contribution in [0.2, 0.25) is 0 Å². The topological polar surface area (TPSA) is 83.5 Å². The van der Waals surface area contributed by atoms with E-state index in [1.54, 1.807) is 24.3 Å². The van der Waals surface area contributed by atoms with E-state index in [4.69, 9.17) is 23.7 Å². The molecule has 1 N–H and O–H groups in total. The maximum atomic E-state index is 13.5. The number of benzene rings is 5. The highest BCUT2D eigenvalue weighted by molar-refractivity contribution is 5.89. The first-order chi connectivity index (χ1) is 23.7. The second-order valence-corrected chi connectivity index (χ2v) is 11.8. The molecule has 5 aromatic carbocycles. The summed E-state index contributed by atoms with van der Waals surface area (Å²) in [7, 11) is 0. The number of hydrogen-bond acceptors (Lipinski definition) is 7. The van der Waals surface area contributed by atoms with E-state index in [9.17, 15) is 9.90 Å². The van der Waals surface area contributed by atoms with Crippen LogP contribution in [0.15, 0.2) is 152 Å². The standard InChI is InChI=1S/C41H40O7/c42-35-36(44-26-30-16-6-1-7-17-30)38(45-27-31-18-8-2-9-19-31)40(47-29-33-22-12-4-13-23-33)39(46-28-32-20-10-3-11-21-32)37(35)48-41(43)34-24-14-5-15-25-34/h1-25,35-40,42H,26-29H2/t35-,36+,37-,38-,39+,40+/m1/s1. The molecule has 0 amide bonds. The van der Waals surface area contributed by atoms with Gasteiger partial charge >= 0.3 is 5.97 Å². The van der Waals surface area contributed by atoms with Crippen LogP contribution in [0.5, 0.6) is 0 Å². The summed E-state index contributed by atoms with van der Waals surface area (Å²) in [6, 6.07) is 47.8. The molecule has 1 aliphatic rings. The molecule has 0 aliphatic heterocycles. The van der Waals surface area contributed by atoms with E-state index in [1.807, 2.05) is 127 Å². The van der Waals surface area contributed by atoms with Gasteiger partial charge in [0.1, 0.15) is 30.5 Å². The quantitative estimate of drug-likeness (QED) is 0.131. The monoisotopic (exact) mass is 644 g/mol. The number of ether oxygens (including phenoxy) is 5. The number of aliphatic hydroxyl groups is 1. The van der Waals surface area contributed by atoms with Crippen LogP contribution in [0.25, 0.3) is 0 Å². The first kappa shape index (κ1) is 33.3. The molecule has 0 bridgehead atoms. The van der Waals surface area contributed by atoms with Crippen LogP contribution in [-0.4, -0.2) is 47.7 Å². The zero-order valence-corrected chi connectivity index (χ0v) is 26.6. The van der Waals surface area contributed by atoms with Crippen molar-refractivity contribution in [3.63, 3.8) is 0 Å². The molecule has 0 saturated heterocycles. The summed E-state index contributed by atoms with van der Waals surface area (Å²) in [5.74, 6) is -0.583. The van der Waals surface area contributed by atoms with Gasteiger partial charge in [0.15, 0.2) is 6.10 Å². The molecule has 0 heterocycles. The molecule has 6 atom stereocenters. The molecule has 1 fully saturated rings. The highest BCUT2D eigenvalue weighted by atomic mass is 16.6. The number of aliphatic hydroxyl groups excluding tert-OH is 1. The summed E-state index contributed by atoms with van der Waals surface area (Å²) in [6.45, 7) is 0.884. The van der Waals surface area contributed by atoms with E-state index >= 15 is 0 Å². The molecule has 6 rings (SSSR count). The van der Waals surface area contributed by atoms with Crippen LogP contribution >= 0.6 is 0 Å². The Balaban J connectivity index is 1.37. The third-order valence-corrected chi connectivity index (χ3v) is 8.36. The van der Waals surface area contributed by atoms with Gasteiger partial charge in [-0.25, -0.2) is 4.79 Å². The fraction of sp³-hybridized carbons (Fsp3) is 0.244. The second-order valence-electron chi connectivity index (χ2n) is 11.8. The van der Waals surface area contributed by atoms with Gasteiger partial charge in [0.2, 0.25) is 0 Å². The van der Waals surface area contributed by atoms with Gasteiger partial charge in [-0.05, 0) is 34.4 Å². The van der Waals surface area contributed by atoms with Crippen molar-refractivity contribution in [1.29, 1.82) is 0 Å². The van der Waals surface area contributed by atoms with Crippen molar-refractivity contribution in [3.8, 4) is 0 Å². The number of hydrogen-bond donors (Lipinski definition) is 1. The Kier molecular flexibility index (Phi) is 11.8. The minimum atomic E-state index is -1.31. The predicted octanol–water partition coefficient (Wildman–Crippen LogP) is 6.93. The molecular formula is C41H40O7. The summed E-state index contributed by atoms with van der Waals surface area (Å²) >= 11 is 0. The van der Waals surface area contributed by atoms with Gasteiger partial charge in [-0.2, -0.15) is 0 Å². The molecule has 0 radical (unpaired) electrons. The molecule has 48 heavy (non-hydrogen) atoms. The van der Waals surface area contributed by atoms with E-state index in [0.29, 0.717) is 5.56 Å². The molecule has 7 heteroatoms. The van der Waals surface area contributed by atoms with Crippen molar-refractivity contribution in [1.82, 2.24) is 0 Å². The zero-order valence-electron chi connectivity index (χ0n) is 26.6. The van der Waals surface area contributed by atoms with Crippen molar-refractivity contribution >= 4 is 5.97 Å². The highest BCUT2D eigenvalue weighted by Crippen LogP contribution is 2.35. The van der Waals surface area contributed by atoms with Gasteiger partial charge < -0.3 is 28.8 Å². The molecule has 1 saturated carbocycles. The van der Waals surface area contributed by atoms with Crippen molar-refractivity contribution < 1.29 is 33.6 Å². The lowest BCUT2D eigenvalue weighted by Gasteiger charge is -2.48. The zero-order chi connectivity index (χ0) is 33.0. The number of esters is 1. The molecule has 246 valence electrons. The number of carbonyl (C=O) groups is 1. The Labute approximate surface area is 281 Å². The first-order valence-electron chi connectivity index (χ1n) is 16.2. The van der Waals surface area contributed by atoms with Crippen molar-refractivity contribution in [3.05, 3.63) is 179 Å². The normalized spacial score (nSPS) is 22.2. The lowest BCUT2D eigenvalue weighted by molar-refractivity contribution is -0.273. The van der Waals surface area contributed by atoms with E-state index in [0.717, 1.165) is 22.3 Å². The molecule has 0 aromatic heterocycles. The number of rotatable bonds is 14. The smallest absolute Gasteiger partial charge is 0.338 e. The van der Waals surface area contributed by atoms with Gasteiger partial charge in [0.05, 0.1) is 32.0 Å². The highest BCUT2D eigenvalue weighted by Gasteiger charge is 2.55. The maximum absolute atomic E-state index is 13.5. The summed E-state index contributed by atoms with van der Waals surface area (Å²) < 4.78 is 32.5. The lowest BCUT2D eigenvalue weighted by Crippen LogP contribution is -2.67. The Hall–Kier alpha value is -4.63. The Morgan fingerprint density at radius 1 is 0.417 bits per heavy atom. The Morgan fingerprint density at radius 3 is 1.08 bits per heavy atom.